The molecule has 0 spiro atoms. The molecule has 0 aromatic carbocycles. The molecule has 114 valence electrons. The number of rotatable bonds is 6. The molecular weight excluding hydrogens is 248 g/mol. The lowest BCUT2D eigenvalue weighted by Gasteiger charge is -2.37. The van der Waals surface area contributed by atoms with Crippen LogP contribution in [0.5, 0.6) is 0 Å². The molecule has 4 heteroatoms. The van der Waals surface area contributed by atoms with Crippen molar-refractivity contribution >= 4 is 0 Å². The van der Waals surface area contributed by atoms with Gasteiger partial charge in [-0.25, -0.2) is 0 Å². The minimum absolute atomic E-state index is 0.430. The van der Waals surface area contributed by atoms with Gasteiger partial charge < -0.3 is 5.32 Å². The first kappa shape index (κ1) is 15.5. The summed E-state index contributed by atoms with van der Waals surface area (Å²) in [4.78, 5) is 2.60. The first-order valence-corrected chi connectivity index (χ1v) is 8.13. The topological polar surface area (TPSA) is 33.1 Å². The molecule has 1 fully saturated rings. The van der Waals surface area contributed by atoms with Crippen molar-refractivity contribution in [1.82, 2.24) is 20.0 Å². The van der Waals surface area contributed by atoms with Crippen LogP contribution >= 0.6 is 0 Å². The highest BCUT2D eigenvalue weighted by molar-refractivity contribution is 5.10. The summed E-state index contributed by atoms with van der Waals surface area (Å²) in [7, 11) is 0. The van der Waals surface area contributed by atoms with E-state index >= 15 is 0 Å². The summed E-state index contributed by atoms with van der Waals surface area (Å²) in [6.45, 7) is 12.3. The predicted molar refractivity (Wildman–Crippen MR) is 83.8 cm³/mol. The van der Waals surface area contributed by atoms with E-state index in [0.717, 1.165) is 13.1 Å². The zero-order valence-electron chi connectivity index (χ0n) is 13.5. The van der Waals surface area contributed by atoms with E-state index in [9.17, 15) is 0 Å². The van der Waals surface area contributed by atoms with E-state index in [1.54, 1.807) is 0 Å². The second kappa shape index (κ2) is 7.23. The van der Waals surface area contributed by atoms with Gasteiger partial charge in [-0.1, -0.05) is 6.42 Å². The second-order valence-electron chi connectivity index (χ2n) is 6.24. The molecule has 1 aliphatic heterocycles. The SMILES string of the molecule is CCn1cc(C(C)N(CC2CCCCN2)C(C)C)cn1. The van der Waals surface area contributed by atoms with E-state index in [0.29, 0.717) is 18.1 Å². The molecule has 2 rings (SSSR count). The first-order valence-electron chi connectivity index (χ1n) is 8.13. The minimum Gasteiger partial charge on any atom is -0.313 e. The Morgan fingerprint density at radius 2 is 2.20 bits per heavy atom. The quantitative estimate of drug-likeness (QED) is 0.868. The van der Waals surface area contributed by atoms with E-state index < -0.39 is 0 Å². The van der Waals surface area contributed by atoms with Crippen molar-refractivity contribution in [3.8, 4) is 0 Å². The zero-order valence-corrected chi connectivity index (χ0v) is 13.5. The molecule has 2 heterocycles. The third kappa shape index (κ3) is 3.83. The first-order chi connectivity index (χ1) is 9.61. The van der Waals surface area contributed by atoms with Crippen molar-refractivity contribution in [2.75, 3.05) is 13.1 Å². The van der Waals surface area contributed by atoms with Crippen LogP contribution in [0.3, 0.4) is 0 Å². The Morgan fingerprint density at radius 1 is 1.40 bits per heavy atom. The predicted octanol–water partition coefficient (Wildman–Crippen LogP) is 2.82. The van der Waals surface area contributed by atoms with Crippen molar-refractivity contribution in [3.05, 3.63) is 18.0 Å². The molecule has 2 atom stereocenters. The molecule has 1 aliphatic rings. The second-order valence-corrected chi connectivity index (χ2v) is 6.24. The summed E-state index contributed by atoms with van der Waals surface area (Å²) < 4.78 is 2.02. The van der Waals surface area contributed by atoms with Crippen LogP contribution in [0.2, 0.25) is 0 Å². The number of hydrogen-bond acceptors (Lipinski definition) is 3. The Labute approximate surface area is 123 Å². The fourth-order valence-electron chi connectivity index (χ4n) is 3.11. The number of nitrogens with zero attached hydrogens (tertiary/aromatic N) is 3. The van der Waals surface area contributed by atoms with Crippen molar-refractivity contribution < 1.29 is 0 Å². The van der Waals surface area contributed by atoms with Crippen LogP contribution in [0.15, 0.2) is 12.4 Å². The van der Waals surface area contributed by atoms with Crippen molar-refractivity contribution in [2.24, 2.45) is 0 Å². The van der Waals surface area contributed by atoms with Crippen LogP contribution in [0, 0.1) is 0 Å². The standard InChI is InChI=1S/C16H30N4/c1-5-19-11-15(10-18-19)14(4)20(13(2)3)12-16-8-6-7-9-17-16/h10-11,13-14,16-17H,5-9,12H2,1-4H3. The third-order valence-corrected chi connectivity index (χ3v) is 4.46. The van der Waals surface area contributed by atoms with Crippen LogP contribution in [-0.4, -0.2) is 39.9 Å². The average Bonchev–Trinajstić information content (AvgIpc) is 2.94. The number of aryl methyl sites for hydroxylation is 1. The summed E-state index contributed by atoms with van der Waals surface area (Å²) >= 11 is 0. The molecule has 20 heavy (non-hydrogen) atoms. The molecule has 0 bridgehead atoms. The van der Waals surface area contributed by atoms with Gasteiger partial charge in [-0.15, -0.1) is 0 Å². The van der Waals surface area contributed by atoms with Gasteiger partial charge >= 0.3 is 0 Å². The lowest BCUT2D eigenvalue weighted by molar-refractivity contribution is 0.138. The maximum atomic E-state index is 4.42. The highest BCUT2D eigenvalue weighted by atomic mass is 15.3. The van der Waals surface area contributed by atoms with E-state index in [1.165, 1.54) is 31.4 Å². The lowest BCUT2D eigenvalue weighted by atomic mass is 10.0. The van der Waals surface area contributed by atoms with Gasteiger partial charge in [0.2, 0.25) is 0 Å². The smallest absolute Gasteiger partial charge is 0.0537 e. The van der Waals surface area contributed by atoms with Gasteiger partial charge in [0.1, 0.15) is 0 Å². The maximum Gasteiger partial charge on any atom is 0.0537 e. The summed E-state index contributed by atoms with van der Waals surface area (Å²) in [6, 6.07) is 1.63. The molecule has 2 unspecified atom stereocenters. The number of hydrogen-bond donors (Lipinski definition) is 1. The molecule has 0 saturated carbocycles. The molecular formula is C16H30N4. The largest absolute Gasteiger partial charge is 0.313 e. The summed E-state index contributed by atoms with van der Waals surface area (Å²) in [5.41, 5.74) is 1.33. The van der Waals surface area contributed by atoms with Gasteiger partial charge in [0.25, 0.3) is 0 Å². The molecule has 1 N–H and O–H groups in total. The van der Waals surface area contributed by atoms with Gasteiger partial charge in [-0.05, 0) is 47.1 Å². The third-order valence-electron chi connectivity index (χ3n) is 4.46. The van der Waals surface area contributed by atoms with E-state index in [1.807, 2.05) is 10.9 Å². The van der Waals surface area contributed by atoms with Crippen molar-refractivity contribution in [3.63, 3.8) is 0 Å². The van der Waals surface area contributed by atoms with Gasteiger partial charge in [-0.2, -0.15) is 5.10 Å². The van der Waals surface area contributed by atoms with Gasteiger partial charge in [0.15, 0.2) is 0 Å². The summed E-state index contributed by atoms with van der Waals surface area (Å²) in [6.07, 6.45) is 8.22. The van der Waals surface area contributed by atoms with E-state index in [4.69, 9.17) is 0 Å². The van der Waals surface area contributed by atoms with E-state index in [-0.39, 0.29) is 0 Å². The van der Waals surface area contributed by atoms with Gasteiger partial charge in [-0.3, -0.25) is 9.58 Å². The highest BCUT2D eigenvalue weighted by Crippen LogP contribution is 2.23. The molecule has 1 aromatic rings. The van der Waals surface area contributed by atoms with Crippen LogP contribution in [0.4, 0.5) is 0 Å². The normalized spacial score (nSPS) is 21.6. The minimum atomic E-state index is 0.430. The fraction of sp³-hybridized carbons (Fsp3) is 0.812. The van der Waals surface area contributed by atoms with Crippen molar-refractivity contribution in [1.29, 1.82) is 0 Å². The number of aromatic nitrogens is 2. The van der Waals surface area contributed by atoms with Crippen LogP contribution < -0.4 is 5.32 Å². The monoisotopic (exact) mass is 278 g/mol. The highest BCUT2D eigenvalue weighted by Gasteiger charge is 2.24. The zero-order chi connectivity index (χ0) is 14.5. The molecule has 0 amide bonds. The Balaban J connectivity index is 2.02. The molecule has 1 aromatic heterocycles. The van der Waals surface area contributed by atoms with Gasteiger partial charge in [0.05, 0.1) is 6.20 Å². The Bertz CT molecular complexity index is 393. The lowest BCUT2D eigenvalue weighted by Crippen LogP contribution is -2.46. The van der Waals surface area contributed by atoms with Crippen LogP contribution in [0.1, 0.15) is 58.6 Å². The molecule has 0 radical (unpaired) electrons. The number of nitrogens with one attached hydrogen (secondary N) is 1. The summed E-state index contributed by atoms with van der Waals surface area (Å²) in [5, 5.41) is 8.08. The molecule has 4 nitrogen and oxygen atoms in total. The Morgan fingerprint density at radius 3 is 2.75 bits per heavy atom. The Hall–Kier alpha value is -0.870. The Kier molecular flexibility index (Phi) is 5.61. The van der Waals surface area contributed by atoms with E-state index in [2.05, 4.69) is 49.2 Å². The molecule has 0 aliphatic carbocycles. The van der Waals surface area contributed by atoms with Crippen molar-refractivity contribution in [2.45, 2.75) is 71.6 Å². The average molecular weight is 278 g/mol. The van der Waals surface area contributed by atoms with Gasteiger partial charge in [0, 0.05) is 43.0 Å². The summed E-state index contributed by atoms with van der Waals surface area (Å²) in [5.74, 6) is 0. The fourth-order valence-corrected chi connectivity index (χ4v) is 3.11. The maximum absolute atomic E-state index is 4.42. The van der Waals surface area contributed by atoms with Crippen LogP contribution in [0.25, 0.3) is 0 Å². The number of piperidine rings is 1. The molecule has 1 saturated heterocycles. The van der Waals surface area contributed by atoms with Crippen LogP contribution in [-0.2, 0) is 6.54 Å².